The second-order valence-electron chi connectivity index (χ2n) is 13.5. The summed E-state index contributed by atoms with van der Waals surface area (Å²) in [5.41, 5.74) is 0. The molecule has 2 atom stereocenters. The summed E-state index contributed by atoms with van der Waals surface area (Å²) in [6.45, 7) is 4.51. The number of carboxylic acid groups (broad SMARTS) is 1. The summed E-state index contributed by atoms with van der Waals surface area (Å²) in [5, 5.41) is 9.54. The van der Waals surface area contributed by atoms with Crippen molar-refractivity contribution in [3.63, 3.8) is 0 Å². The van der Waals surface area contributed by atoms with Crippen molar-refractivity contribution in [2.45, 2.75) is 161 Å². The molecule has 0 aromatic rings. The fourth-order valence-corrected chi connectivity index (χ4v) is 5.27. The largest absolute Gasteiger partial charge is 0.477 e. The van der Waals surface area contributed by atoms with E-state index in [1.807, 2.05) is 33.3 Å². The molecule has 1 N–H and O–H groups in total. The average Bonchev–Trinajstić information content (AvgIpc) is 3.00. The Hall–Kier alpha value is -2.19. The van der Waals surface area contributed by atoms with Crippen LogP contribution in [0.1, 0.15) is 149 Å². The number of esters is 2. The predicted molar refractivity (Wildman–Crippen MR) is 188 cm³/mol. The van der Waals surface area contributed by atoms with Gasteiger partial charge in [0.25, 0.3) is 0 Å². The van der Waals surface area contributed by atoms with Crippen LogP contribution in [0.3, 0.4) is 0 Å². The molecule has 0 amide bonds. The highest BCUT2D eigenvalue weighted by Crippen LogP contribution is 2.14. The lowest BCUT2D eigenvalue weighted by Crippen LogP contribution is -2.50. The van der Waals surface area contributed by atoms with Gasteiger partial charge in [-0.3, -0.25) is 9.59 Å². The van der Waals surface area contributed by atoms with E-state index >= 15 is 0 Å². The van der Waals surface area contributed by atoms with Gasteiger partial charge in [0, 0.05) is 19.3 Å². The summed E-state index contributed by atoms with van der Waals surface area (Å²) in [6.07, 6.45) is 29.7. The Kier molecular flexibility index (Phi) is 28.7. The SMILES string of the molecule is CC/C=C/C/C=C/CCC(=O)OC(COCCC(C(=O)O)[N+](C)(C)C)COC(=O)CCCCCCCCCCCCCCCCC. The lowest BCUT2D eigenvalue weighted by Gasteiger charge is -2.31. The van der Waals surface area contributed by atoms with E-state index < -0.39 is 18.1 Å². The third-order valence-corrected chi connectivity index (χ3v) is 8.13. The Morgan fingerprint density at radius 3 is 1.74 bits per heavy atom. The Morgan fingerprint density at radius 2 is 1.22 bits per heavy atom. The molecule has 0 fully saturated rings. The number of carbonyl (C=O) groups excluding carboxylic acids is 2. The molecule has 8 nitrogen and oxygen atoms in total. The summed E-state index contributed by atoms with van der Waals surface area (Å²) in [5.74, 6) is -1.56. The zero-order chi connectivity index (χ0) is 34.3. The Bertz CT molecular complexity index is 818. The van der Waals surface area contributed by atoms with Gasteiger partial charge in [0.2, 0.25) is 0 Å². The smallest absolute Gasteiger partial charge is 0.362 e. The first-order chi connectivity index (χ1) is 22.1. The maximum atomic E-state index is 12.5. The summed E-state index contributed by atoms with van der Waals surface area (Å²) in [7, 11) is 5.49. The van der Waals surface area contributed by atoms with Gasteiger partial charge in [-0.2, -0.15) is 0 Å². The van der Waals surface area contributed by atoms with E-state index in [1.165, 1.54) is 77.0 Å². The van der Waals surface area contributed by atoms with Crippen LogP contribution >= 0.6 is 0 Å². The number of unbranched alkanes of at least 4 members (excludes halogenated alkanes) is 14. The lowest BCUT2D eigenvalue weighted by molar-refractivity contribution is -0.887. The van der Waals surface area contributed by atoms with Crippen LogP contribution in [0, 0.1) is 0 Å². The third kappa shape index (κ3) is 28.1. The molecule has 0 aliphatic rings. The molecule has 2 unspecified atom stereocenters. The highest BCUT2D eigenvalue weighted by molar-refractivity contribution is 5.72. The Morgan fingerprint density at radius 1 is 0.674 bits per heavy atom. The zero-order valence-corrected chi connectivity index (χ0v) is 30.3. The van der Waals surface area contributed by atoms with Crippen LogP contribution in [0.2, 0.25) is 0 Å². The molecule has 0 heterocycles. The molecule has 0 bridgehead atoms. The molecule has 0 aromatic carbocycles. The molecule has 0 radical (unpaired) electrons. The summed E-state index contributed by atoms with van der Waals surface area (Å²) < 4.78 is 17.0. The third-order valence-electron chi connectivity index (χ3n) is 8.13. The number of hydrogen-bond donors (Lipinski definition) is 1. The Labute approximate surface area is 281 Å². The van der Waals surface area contributed by atoms with Gasteiger partial charge < -0.3 is 23.8 Å². The minimum Gasteiger partial charge on any atom is -0.477 e. The molecule has 0 aromatic heterocycles. The summed E-state index contributed by atoms with van der Waals surface area (Å²) in [6, 6.07) is -0.618. The van der Waals surface area contributed by atoms with E-state index in [-0.39, 0.29) is 42.7 Å². The van der Waals surface area contributed by atoms with Crippen LogP contribution in [0.25, 0.3) is 0 Å². The fourth-order valence-electron chi connectivity index (χ4n) is 5.27. The molecule has 0 rings (SSSR count). The van der Waals surface area contributed by atoms with Crippen molar-refractivity contribution in [2.75, 3.05) is 41.0 Å². The van der Waals surface area contributed by atoms with E-state index in [4.69, 9.17) is 14.2 Å². The first-order valence-corrected chi connectivity index (χ1v) is 18.4. The number of nitrogens with zero attached hydrogens (tertiary/aromatic N) is 1. The number of carboxylic acids is 1. The topological polar surface area (TPSA) is 99.1 Å². The predicted octanol–water partition coefficient (Wildman–Crippen LogP) is 8.96. The van der Waals surface area contributed by atoms with Crippen molar-refractivity contribution in [1.82, 2.24) is 0 Å². The molecule has 0 saturated carbocycles. The van der Waals surface area contributed by atoms with Gasteiger partial charge in [-0.1, -0.05) is 128 Å². The maximum Gasteiger partial charge on any atom is 0.362 e. The first kappa shape index (κ1) is 43.8. The van der Waals surface area contributed by atoms with Gasteiger partial charge in [-0.25, -0.2) is 4.79 Å². The van der Waals surface area contributed by atoms with Crippen molar-refractivity contribution in [1.29, 1.82) is 0 Å². The fraction of sp³-hybridized carbons (Fsp3) is 0.816. The number of hydrogen-bond acceptors (Lipinski definition) is 6. The normalized spacial score (nSPS) is 13.3. The minimum absolute atomic E-state index is 0.0408. The van der Waals surface area contributed by atoms with Crippen molar-refractivity contribution in [2.24, 2.45) is 0 Å². The van der Waals surface area contributed by atoms with Crippen LogP contribution in [-0.4, -0.2) is 80.6 Å². The van der Waals surface area contributed by atoms with E-state index in [0.29, 0.717) is 19.3 Å². The van der Waals surface area contributed by atoms with Crippen LogP contribution < -0.4 is 0 Å². The number of allylic oxidation sites excluding steroid dienone is 4. The van der Waals surface area contributed by atoms with Gasteiger partial charge in [-0.05, 0) is 25.7 Å². The lowest BCUT2D eigenvalue weighted by atomic mass is 10.0. The summed E-state index contributed by atoms with van der Waals surface area (Å²) in [4.78, 5) is 36.5. The molecule has 0 spiro atoms. The van der Waals surface area contributed by atoms with E-state index in [2.05, 4.69) is 26.0 Å². The number of aliphatic carboxylic acids is 1. The molecule has 8 heteroatoms. The van der Waals surface area contributed by atoms with Gasteiger partial charge in [0.05, 0.1) is 34.4 Å². The van der Waals surface area contributed by atoms with Gasteiger partial charge >= 0.3 is 17.9 Å². The van der Waals surface area contributed by atoms with Crippen molar-refractivity contribution < 1.29 is 38.2 Å². The molecule has 0 aliphatic heterocycles. The summed E-state index contributed by atoms with van der Waals surface area (Å²) >= 11 is 0. The minimum atomic E-state index is -0.884. The van der Waals surface area contributed by atoms with Crippen LogP contribution in [0.15, 0.2) is 24.3 Å². The quantitative estimate of drug-likeness (QED) is 0.0335. The second kappa shape index (κ2) is 30.2. The standard InChI is InChI=1S/C38H69NO7/c1-6-8-10-12-14-15-16-17-18-19-20-21-23-24-26-28-36(40)45-33-34(32-44-31-30-35(38(42)43)39(3,4)5)46-37(41)29-27-25-22-13-11-9-7-2/h9,11,22,25,34-35H,6-8,10,12-21,23-24,26-33H2,1-5H3/p+1/b11-9+,25-22+. The highest BCUT2D eigenvalue weighted by Gasteiger charge is 2.31. The van der Waals surface area contributed by atoms with Crippen molar-refractivity contribution in [3.05, 3.63) is 24.3 Å². The number of ether oxygens (including phenoxy) is 3. The van der Waals surface area contributed by atoms with Gasteiger partial charge in [-0.15, -0.1) is 0 Å². The zero-order valence-electron chi connectivity index (χ0n) is 30.3. The van der Waals surface area contributed by atoms with Gasteiger partial charge in [0.15, 0.2) is 12.1 Å². The molecular weight excluding hydrogens is 582 g/mol. The maximum absolute atomic E-state index is 12.5. The molecule has 0 saturated heterocycles. The number of rotatable bonds is 32. The van der Waals surface area contributed by atoms with Gasteiger partial charge in [0.1, 0.15) is 6.61 Å². The first-order valence-electron chi connectivity index (χ1n) is 18.4. The van der Waals surface area contributed by atoms with Crippen LogP contribution in [-0.2, 0) is 28.6 Å². The van der Waals surface area contributed by atoms with Crippen molar-refractivity contribution >= 4 is 17.9 Å². The van der Waals surface area contributed by atoms with Crippen molar-refractivity contribution in [3.8, 4) is 0 Å². The second-order valence-corrected chi connectivity index (χ2v) is 13.5. The highest BCUT2D eigenvalue weighted by atomic mass is 16.6. The molecular formula is C38H70NO7+. The van der Waals surface area contributed by atoms with Crippen LogP contribution in [0.4, 0.5) is 0 Å². The average molecular weight is 653 g/mol. The molecule has 46 heavy (non-hydrogen) atoms. The Balaban J connectivity index is 4.34. The van der Waals surface area contributed by atoms with E-state index in [0.717, 1.165) is 32.1 Å². The molecule has 0 aliphatic carbocycles. The monoisotopic (exact) mass is 653 g/mol. The molecule has 268 valence electrons. The van der Waals surface area contributed by atoms with Crippen LogP contribution in [0.5, 0.6) is 0 Å². The number of carbonyl (C=O) groups is 3. The number of likely N-dealkylation sites (N-methyl/N-ethyl adjacent to an activating group) is 1. The van der Waals surface area contributed by atoms with E-state index in [1.54, 1.807) is 0 Å². The van der Waals surface area contributed by atoms with E-state index in [9.17, 15) is 19.5 Å². The number of quaternary nitrogens is 1.